The fourth-order valence-electron chi connectivity index (χ4n) is 5.92. The standard InChI is InChI=1S/C18H33P.C7H6.C2H6.CH3.2ClH.Ru/c1-4-10-16(11-5-1)19(17-12-6-2-7-13-17)18-14-8-3-9-15-18;1-7-5-3-2-4-6-7;1-2;;;;/h16-18H,1-15H2;1-6H;1-2H3;1H3;2*1H;/q;;;-1;;;+2/p-1. The fraction of sp³-hybridized carbons (Fsp3) is 0.714. The fourth-order valence-corrected chi connectivity index (χ4v) is 13.0. The molecule has 1 aromatic rings. The second-order valence-electron chi connectivity index (χ2n) is 9.22. The molecule has 3 aliphatic carbocycles. The Bertz CT molecular complexity index is 542. The van der Waals surface area contributed by atoms with E-state index in [9.17, 15) is 0 Å². The monoisotopic (exact) mass is 588 g/mol. The van der Waals surface area contributed by atoms with Gasteiger partial charge in [0.05, 0.1) is 17.0 Å². The van der Waals surface area contributed by atoms with Crippen LogP contribution in [0.4, 0.5) is 0 Å². The molecular weight excluding hydrogens is 539 g/mol. The molecule has 0 aromatic heterocycles. The average Bonchev–Trinajstić information content (AvgIpc) is 2.83. The third-order valence-electron chi connectivity index (χ3n) is 7.22. The van der Waals surface area contributed by atoms with Crippen molar-refractivity contribution < 1.29 is 13.5 Å². The second kappa shape index (κ2) is 19.0. The molecular formula is C28H49Cl2PRu. The Morgan fingerprint density at radius 1 is 0.656 bits per heavy atom. The first-order valence-corrected chi connectivity index (χ1v) is 20.2. The minimum atomic E-state index is -1.61. The Balaban J connectivity index is 0.000000337. The summed E-state index contributed by atoms with van der Waals surface area (Å²) in [6.07, 6.45) is 23.8. The Kier molecular flexibility index (Phi) is 18.2. The van der Waals surface area contributed by atoms with E-state index in [0.717, 1.165) is 5.56 Å². The molecule has 0 nitrogen and oxygen atoms in total. The van der Waals surface area contributed by atoms with Gasteiger partial charge in [-0.1, -0.05) is 33.1 Å². The zero-order valence-electron chi connectivity index (χ0n) is 20.9. The Labute approximate surface area is 214 Å². The van der Waals surface area contributed by atoms with Crippen LogP contribution in [-0.2, 0) is 13.5 Å². The molecule has 188 valence electrons. The summed E-state index contributed by atoms with van der Waals surface area (Å²) in [5.41, 5.74) is 4.80. The molecule has 0 saturated heterocycles. The average molecular weight is 589 g/mol. The Morgan fingerprint density at radius 2 is 1.00 bits per heavy atom. The molecule has 0 heterocycles. The first-order chi connectivity index (χ1) is 15.2. The van der Waals surface area contributed by atoms with E-state index < -0.39 is 13.5 Å². The summed E-state index contributed by atoms with van der Waals surface area (Å²) < 4.78 is 1.92. The van der Waals surface area contributed by atoms with Crippen LogP contribution in [0.15, 0.2) is 30.3 Å². The Hall–Kier alpha value is 0.723. The van der Waals surface area contributed by atoms with Gasteiger partial charge in [0.1, 0.15) is 0 Å². The van der Waals surface area contributed by atoms with E-state index in [-0.39, 0.29) is 15.3 Å². The number of hydrogen-bond donors (Lipinski definition) is 0. The van der Waals surface area contributed by atoms with Gasteiger partial charge < -0.3 is 7.43 Å². The van der Waals surface area contributed by atoms with E-state index in [1.54, 1.807) is 96.3 Å². The molecule has 0 radical (unpaired) electrons. The normalized spacial score (nSPS) is 20.7. The first kappa shape index (κ1) is 30.8. The van der Waals surface area contributed by atoms with Gasteiger partial charge >= 0.3 is 73.4 Å². The van der Waals surface area contributed by atoms with Gasteiger partial charge in [0, 0.05) is 7.92 Å². The van der Waals surface area contributed by atoms with Crippen molar-refractivity contribution in [2.75, 3.05) is 0 Å². The van der Waals surface area contributed by atoms with Crippen LogP contribution in [-0.4, -0.2) is 21.6 Å². The predicted molar refractivity (Wildman–Crippen MR) is 150 cm³/mol. The molecule has 0 spiro atoms. The van der Waals surface area contributed by atoms with Crippen LogP contribution in [0, 0.1) is 7.43 Å². The minimum absolute atomic E-state index is 0. The topological polar surface area (TPSA) is 0 Å². The predicted octanol–water partition coefficient (Wildman–Crippen LogP) is 10.4. The molecule has 3 aliphatic rings. The maximum absolute atomic E-state index is 5.67. The van der Waals surface area contributed by atoms with Gasteiger partial charge in [-0.2, -0.15) is 0 Å². The van der Waals surface area contributed by atoms with Crippen LogP contribution in [0.3, 0.4) is 0 Å². The summed E-state index contributed by atoms with van der Waals surface area (Å²) in [5.74, 6) is 0. The molecule has 1 aromatic carbocycles. The molecule has 3 saturated carbocycles. The third-order valence-corrected chi connectivity index (χ3v) is 13.7. The van der Waals surface area contributed by atoms with Crippen LogP contribution in [0.2, 0.25) is 0 Å². The van der Waals surface area contributed by atoms with Crippen molar-refractivity contribution >= 4 is 31.9 Å². The first-order valence-electron chi connectivity index (χ1n) is 13.0. The molecule has 0 amide bonds. The number of rotatable bonds is 4. The van der Waals surface area contributed by atoms with Gasteiger partial charge in [0.2, 0.25) is 0 Å². The van der Waals surface area contributed by atoms with Gasteiger partial charge in [-0.3, -0.25) is 0 Å². The van der Waals surface area contributed by atoms with Crippen molar-refractivity contribution in [2.24, 2.45) is 0 Å². The van der Waals surface area contributed by atoms with Gasteiger partial charge in [0.15, 0.2) is 0 Å². The van der Waals surface area contributed by atoms with E-state index in [1.165, 1.54) is 17.0 Å². The van der Waals surface area contributed by atoms with E-state index in [0.29, 0.717) is 0 Å². The van der Waals surface area contributed by atoms with Crippen molar-refractivity contribution in [1.29, 1.82) is 0 Å². The van der Waals surface area contributed by atoms with E-state index in [2.05, 4.69) is 0 Å². The SMILES string of the molecule is C1CCC([PH+](C2CCCCC2)C2CCCCC2)CC1.CC.[CH3-].[Cl][Ru]([Cl])=[CH]c1ccccc1. The molecule has 0 bridgehead atoms. The van der Waals surface area contributed by atoms with Crippen molar-refractivity contribution in [1.82, 2.24) is 0 Å². The van der Waals surface area contributed by atoms with Crippen molar-refractivity contribution in [3.05, 3.63) is 43.3 Å². The molecule has 32 heavy (non-hydrogen) atoms. The summed E-state index contributed by atoms with van der Waals surface area (Å²) in [6, 6.07) is 9.89. The second-order valence-corrected chi connectivity index (χ2v) is 18.4. The van der Waals surface area contributed by atoms with Crippen LogP contribution >= 0.6 is 27.3 Å². The summed E-state index contributed by atoms with van der Waals surface area (Å²) in [6.45, 7) is 4.00. The molecule has 0 atom stereocenters. The number of benzene rings is 1. The molecule has 4 heteroatoms. The van der Waals surface area contributed by atoms with Gasteiger partial charge in [-0.25, -0.2) is 0 Å². The van der Waals surface area contributed by atoms with Crippen LogP contribution in [0.25, 0.3) is 0 Å². The molecule has 0 N–H and O–H groups in total. The van der Waals surface area contributed by atoms with E-state index in [4.69, 9.17) is 19.4 Å². The molecule has 0 unspecified atom stereocenters. The summed E-state index contributed by atoms with van der Waals surface area (Å²) in [7, 11) is 11.3. The molecule has 3 fully saturated rings. The summed E-state index contributed by atoms with van der Waals surface area (Å²) in [4.78, 5) is 0. The Morgan fingerprint density at radius 3 is 1.31 bits per heavy atom. The van der Waals surface area contributed by atoms with Gasteiger partial charge in [0.25, 0.3) is 0 Å². The van der Waals surface area contributed by atoms with E-state index >= 15 is 0 Å². The van der Waals surface area contributed by atoms with Crippen LogP contribution in [0.5, 0.6) is 0 Å². The zero-order valence-corrected chi connectivity index (χ0v) is 25.2. The molecule has 0 aliphatic heterocycles. The van der Waals surface area contributed by atoms with E-state index in [1.807, 2.05) is 48.8 Å². The van der Waals surface area contributed by atoms with Crippen LogP contribution < -0.4 is 0 Å². The third kappa shape index (κ3) is 11.4. The van der Waals surface area contributed by atoms with Crippen molar-refractivity contribution in [3.8, 4) is 0 Å². The molecule has 4 rings (SSSR count). The quantitative estimate of drug-likeness (QED) is 0.187. The van der Waals surface area contributed by atoms with Gasteiger partial charge in [-0.15, -0.1) is 0 Å². The van der Waals surface area contributed by atoms with Crippen molar-refractivity contribution in [2.45, 2.75) is 127 Å². The van der Waals surface area contributed by atoms with Crippen LogP contribution in [0.1, 0.15) is 116 Å². The number of hydrogen-bond acceptors (Lipinski definition) is 0. The van der Waals surface area contributed by atoms with Crippen molar-refractivity contribution in [3.63, 3.8) is 0 Å². The summed E-state index contributed by atoms with van der Waals surface area (Å²) >= 11 is -1.61. The number of halogens is 2. The van der Waals surface area contributed by atoms with Gasteiger partial charge in [-0.05, 0) is 77.0 Å². The zero-order chi connectivity index (χ0) is 22.3. The maximum atomic E-state index is 5.67. The summed E-state index contributed by atoms with van der Waals surface area (Å²) in [5, 5.41) is 0.